The Hall–Kier alpha value is -1.99. The molecule has 1 aliphatic rings. The summed E-state index contributed by atoms with van der Waals surface area (Å²) in [6.45, 7) is 4.13. The van der Waals surface area contributed by atoms with Gasteiger partial charge in [-0.05, 0) is 38.1 Å². The van der Waals surface area contributed by atoms with E-state index in [9.17, 15) is 12.8 Å². The number of anilines is 1. The van der Waals surface area contributed by atoms with Crippen molar-refractivity contribution in [3.8, 4) is 11.5 Å². The second-order valence-electron chi connectivity index (χ2n) is 5.70. The maximum atomic E-state index is 13.3. The Morgan fingerprint density at radius 3 is 2.80 bits per heavy atom. The Morgan fingerprint density at radius 2 is 2.12 bits per heavy atom. The first-order chi connectivity index (χ1) is 11.8. The van der Waals surface area contributed by atoms with Crippen LogP contribution in [-0.4, -0.2) is 21.1 Å². The van der Waals surface area contributed by atoms with Gasteiger partial charge >= 0.3 is 0 Å². The van der Waals surface area contributed by atoms with E-state index in [2.05, 4.69) is 4.72 Å². The van der Waals surface area contributed by atoms with Gasteiger partial charge in [0.1, 0.15) is 23.4 Å². The summed E-state index contributed by atoms with van der Waals surface area (Å²) in [6.07, 6.45) is 0.753. The molecule has 1 heterocycles. The average molecular weight is 386 g/mol. The second kappa shape index (κ2) is 6.72. The maximum Gasteiger partial charge on any atom is 0.262 e. The fourth-order valence-electron chi connectivity index (χ4n) is 2.64. The normalized spacial score (nSPS) is 16.2. The van der Waals surface area contributed by atoms with Crippen molar-refractivity contribution < 1.29 is 22.3 Å². The van der Waals surface area contributed by atoms with Crippen molar-refractivity contribution in [3.05, 3.63) is 46.7 Å². The number of sulfonamides is 1. The fourth-order valence-corrected chi connectivity index (χ4v) is 3.97. The molecule has 1 atom stereocenters. The predicted octanol–water partition coefficient (Wildman–Crippen LogP) is 4.00. The Labute approximate surface area is 150 Å². The van der Waals surface area contributed by atoms with Crippen LogP contribution in [0.5, 0.6) is 11.5 Å². The summed E-state index contributed by atoms with van der Waals surface area (Å²) in [4.78, 5) is -0.142. The molecule has 1 unspecified atom stereocenters. The zero-order chi connectivity index (χ0) is 18.2. The minimum absolute atomic E-state index is 0.0206. The molecule has 1 aliphatic heterocycles. The van der Waals surface area contributed by atoms with Crippen LogP contribution in [0.2, 0.25) is 5.02 Å². The number of ether oxygens (including phenoxy) is 2. The number of nitrogens with one attached hydrogen (secondary N) is 1. The number of halogens is 2. The minimum Gasteiger partial charge on any atom is -0.492 e. The summed E-state index contributed by atoms with van der Waals surface area (Å²) in [6, 6.07) is 6.60. The van der Waals surface area contributed by atoms with Crippen LogP contribution in [-0.2, 0) is 16.4 Å². The molecule has 0 radical (unpaired) electrons. The molecule has 2 aromatic rings. The number of hydrogen-bond acceptors (Lipinski definition) is 4. The van der Waals surface area contributed by atoms with Gasteiger partial charge in [0.05, 0.1) is 22.2 Å². The van der Waals surface area contributed by atoms with Crippen LogP contribution in [0.3, 0.4) is 0 Å². The lowest BCUT2D eigenvalue weighted by Gasteiger charge is -2.15. The molecule has 134 valence electrons. The van der Waals surface area contributed by atoms with Gasteiger partial charge in [-0.3, -0.25) is 4.72 Å². The third-order valence-corrected chi connectivity index (χ3v) is 5.40. The molecule has 3 rings (SSSR count). The molecule has 0 bridgehead atoms. The standard InChI is InChI=1S/C17H17ClFNO4S/c1-3-23-17-7-11-6-10(2)24-16(11)9-15(17)20-25(21,22)12-4-5-14(19)13(18)8-12/h4-5,7-10,20H,3,6H2,1-2H3. The number of benzene rings is 2. The number of fused-ring (bicyclic) bond motifs is 1. The van der Waals surface area contributed by atoms with Gasteiger partial charge in [0.25, 0.3) is 10.0 Å². The molecule has 5 nitrogen and oxygen atoms in total. The van der Waals surface area contributed by atoms with Crippen molar-refractivity contribution in [1.29, 1.82) is 0 Å². The highest BCUT2D eigenvalue weighted by Gasteiger charge is 2.24. The molecule has 8 heteroatoms. The lowest BCUT2D eigenvalue weighted by molar-refractivity contribution is 0.254. The molecule has 0 fully saturated rings. The number of hydrogen-bond donors (Lipinski definition) is 1. The topological polar surface area (TPSA) is 64.6 Å². The van der Waals surface area contributed by atoms with Gasteiger partial charge in [-0.2, -0.15) is 0 Å². The van der Waals surface area contributed by atoms with Crippen LogP contribution in [0.4, 0.5) is 10.1 Å². The van der Waals surface area contributed by atoms with Crippen molar-refractivity contribution >= 4 is 27.3 Å². The van der Waals surface area contributed by atoms with E-state index in [-0.39, 0.29) is 21.7 Å². The van der Waals surface area contributed by atoms with E-state index in [0.717, 1.165) is 30.2 Å². The van der Waals surface area contributed by atoms with Crippen LogP contribution in [0.15, 0.2) is 35.2 Å². The van der Waals surface area contributed by atoms with Crippen molar-refractivity contribution in [3.63, 3.8) is 0 Å². The molecule has 1 N–H and O–H groups in total. The van der Waals surface area contributed by atoms with Crippen LogP contribution in [0.25, 0.3) is 0 Å². The Balaban J connectivity index is 1.98. The van der Waals surface area contributed by atoms with Crippen molar-refractivity contribution in [2.45, 2.75) is 31.3 Å². The summed E-state index contributed by atoms with van der Waals surface area (Å²) in [5.41, 5.74) is 1.22. The van der Waals surface area contributed by atoms with Crippen LogP contribution in [0.1, 0.15) is 19.4 Å². The molecular weight excluding hydrogens is 369 g/mol. The highest BCUT2D eigenvalue weighted by atomic mass is 35.5. The molecule has 0 amide bonds. The van der Waals surface area contributed by atoms with E-state index in [0.29, 0.717) is 18.1 Å². The zero-order valence-corrected chi connectivity index (χ0v) is 15.2. The molecule has 0 saturated heterocycles. The van der Waals surface area contributed by atoms with E-state index < -0.39 is 15.8 Å². The van der Waals surface area contributed by atoms with Gasteiger partial charge in [-0.15, -0.1) is 0 Å². The molecule has 0 aliphatic carbocycles. The van der Waals surface area contributed by atoms with E-state index in [1.807, 2.05) is 13.8 Å². The lowest BCUT2D eigenvalue weighted by atomic mass is 10.1. The smallest absolute Gasteiger partial charge is 0.262 e. The second-order valence-corrected chi connectivity index (χ2v) is 7.79. The largest absolute Gasteiger partial charge is 0.492 e. The zero-order valence-electron chi connectivity index (χ0n) is 13.7. The summed E-state index contributed by atoms with van der Waals surface area (Å²) in [5.74, 6) is 0.345. The monoisotopic (exact) mass is 385 g/mol. The molecule has 0 saturated carbocycles. The Bertz CT molecular complexity index is 917. The van der Waals surface area contributed by atoms with Gasteiger partial charge in [-0.1, -0.05) is 11.6 Å². The minimum atomic E-state index is -3.96. The number of rotatable bonds is 5. The third kappa shape index (κ3) is 3.67. The predicted molar refractivity (Wildman–Crippen MR) is 93.6 cm³/mol. The quantitative estimate of drug-likeness (QED) is 0.844. The summed E-state index contributed by atoms with van der Waals surface area (Å²) in [7, 11) is -3.96. The van der Waals surface area contributed by atoms with Gasteiger partial charge in [0.15, 0.2) is 0 Å². The van der Waals surface area contributed by atoms with Gasteiger partial charge in [0, 0.05) is 18.1 Å². The SMILES string of the molecule is CCOc1cc2c(cc1NS(=O)(=O)c1ccc(F)c(Cl)c1)OC(C)C2. The lowest BCUT2D eigenvalue weighted by Crippen LogP contribution is -2.14. The van der Waals surface area contributed by atoms with E-state index in [1.54, 1.807) is 12.1 Å². The van der Waals surface area contributed by atoms with Gasteiger partial charge in [0.2, 0.25) is 0 Å². The maximum absolute atomic E-state index is 13.3. The highest BCUT2D eigenvalue weighted by Crippen LogP contribution is 2.39. The van der Waals surface area contributed by atoms with Crippen molar-refractivity contribution in [2.75, 3.05) is 11.3 Å². The molecule has 0 aromatic heterocycles. The molecule has 0 spiro atoms. The van der Waals surface area contributed by atoms with E-state index in [1.165, 1.54) is 0 Å². The van der Waals surface area contributed by atoms with Crippen LogP contribution < -0.4 is 14.2 Å². The molecular formula is C17H17ClFNO4S. The molecule has 2 aromatic carbocycles. The fraction of sp³-hybridized carbons (Fsp3) is 0.294. The molecule has 25 heavy (non-hydrogen) atoms. The van der Waals surface area contributed by atoms with Gasteiger partial charge in [-0.25, -0.2) is 12.8 Å². The van der Waals surface area contributed by atoms with Crippen molar-refractivity contribution in [1.82, 2.24) is 0 Å². The van der Waals surface area contributed by atoms with Crippen LogP contribution >= 0.6 is 11.6 Å². The first-order valence-electron chi connectivity index (χ1n) is 7.74. The first-order valence-corrected chi connectivity index (χ1v) is 9.60. The van der Waals surface area contributed by atoms with Gasteiger partial charge < -0.3 is 9.47 Å². The first kappa shape index (κ1) is 17.8. The Morgan fingerprint density at radius 1 is 1.36 bits per heavy atom. The van der Waals surface area contributed by atoms with Crippen LogP contribution in [0, 0.1) is 5.82 Å². The summed E-state index contributed by atoms with van der Waals surface area (Å²) in [5, 5.41) is -0.265. The summed E-state index contributed by atoms with van der Waals surface area (Å²) < 4.78 is 52.2. The average Bonchev–Trinajstić information content (AvgIpc) is 2.89. The highest BCUT2D eigenvalue weighted by molar-refractivity contribution is 7.92. The summed E-state index contributed by atoms with van der Waals surface area (Å²) >= 11 is 5.68. The van der Waals surface area contributed by atoms with Crippen molar-refractivity contribution in [2.24, 2.45) is 0 Å². The van der Waals surface area contributed by atoms with E-state index in [4.69, 9.17) is 21.1 Å². The van der Waals surface area contributed by atoms with E-state index >= 15 is 0 Å². The third-order valence-electron chi connectivity index (χ3n) is 3.74. The Kier molecular flexibility index (Phi) is 4.79.